The van der Waals surface area contributed by atoms with Gasteiger partial charge in [0.2, 0.25) is 5.91 Å². The van der Waals surface area contributed by atoms with E-state index in [1.807, 2.05) is 24.3 Å². The van der Waals surface area contributed by atoms with Crippen molar-refractivity contribution in [2.24, 2.45) is 11.3 Å². The second kappa shape index (κ2) is 8.65. The fraction of sp³-hybridized carbons (Fsp3) is 0.611. The minimum Gasteiger partial charge on any atom is -0.326 e. The van der Waals surface area contributed by atoms with Crippen molar-refractivity contribution in [3.63, 3.8) is 0 Å². The molecule has 3 rings (SSSR count). The van der Waals surface area contributed by atoms with Gasteiger partial charge < -0.3 is 15.5 Å². The molecule has 2 saturated heterocycles. The van der Waals surface area contributed by atoms with Gasteiger partial charge in [-0.05, 0) is 68.6 Å². The number of nitrogens with zero attached hydrogens (tertiary/aromatic N) is 1. The van der Waals surface area contributed by atoms with Crippen molar-refractivity contribution in [2.45, 2.75) is 26.2 Å². The SMILES string of the molecule is CC1(CN2CCC(C(=O)Nc3ccc(Br)cc3)CC2)CCNC1.Cl. The fourth-order valence-corrected chi connectivity index (χ4v) is 3.94. The maximum absolute atomic E-state index is 12.4. The molecule has 2 N–H and O–H groups in total. The van der Waals surface area contributed by atoms with Crippen LogP contribution in [0.1, 0.15) is 26.2 Å². The van der Waals surface area contributed by atoms with Crippen LogP contribution in [0.4, 0.5) is 5.69 Å². The molecule has 0 saturated carbocycles. The summed E-state index contributed by atoms with van der Waals surface area (Å²) in [5.41, 5.74) is 1.29. The first kappa shape index (κ1) is 19.7. The van der Waals surface area contributed by atoms with Crippen LogP contribution in [-0.4, -0.2) is 43.5 Å². The van der Waals surface area contributed by atoms with Gasteiger partial charge in [-0.2, -0.15) is 0 Å². The lowest BCUT2D eigenvalue weighted by Gasteiger charge is -2.36. The Balaban J connectivity index is 0.00000208. The van der Waals surface area contributed by atoms with Crippen LogP contribution in [0.2, 0.25) is 0 Å². The zero-order chi connectivity index (χ0) is 16.3. The number of hydrogen-bond donors (Lipinski definition) is 2. The summed E-state index contributed by atoms with van der Waals surface area (Å²) in [7, 11) is 0. The molecule has 0 aliphatic carbocycles. The van der Waals surface area contributed by atoms with E-state index >= 15 is 0 Å². The summed E-state index contributed by atoms with van der Waals surface area (Å²) in [6.45, 7) is 7.86. The molecule has 1 unspecified atom stereocenters. The highest BCUT2D eigenvalue weighted by Gasteiger charge is 2.33. The van der Waals surface area contributed by atoms with Gasteiger partial charge in [0, 0.05) is 29.2 Å². The van der Waals surface area contributed by atoms with E-state index in [2.05, 4.69) is 38.4 Å². The lowest BCUT2D eigenvalue weighted by molar-refractivity contribution is -0.121. The first-order chi connectivity index (χ1) is 11.0. The first-order valence-electron chi connectivity index (χ1n) is 8.54. The smallest absolute Gasteiger partial charge is 0.227 e. The second-order valence-electron chi connectivity index (χ2n) is 7.28. The van der Waals surface area contributed by atoms with Crippen LogP contribution in [0.15, 0.2) is 28.7 Å². The molecule has 2 fully saturated rings. The molecular weight excluding hydrogens is 390 g/mol. The number of carbonyl (C=O) groups is 1. The highest BCUT2D eigenvalue weighted by atomic mass is 79.9. The number of piperidine rings is 1. The van der Waals surface area contributed by atoms with Gasteiger partial charge in [0.25, 0.3) is 0 Å². The van der Waals surface area contributed by atoms with Crippen molar-refractivity contribution in [2.75, 3.05) is 38.0 Å². The monoisotopic (exact) mass is 415 g/mol. The van der Waals surface area contributed by atoms with Gasteiger partial charge in [-0.15, -0.1) is 12.4 Å². The molecular formula is C18H27BrClN3O. The van der Waals surface area contributed by atoms with E-state index in [1.165, 1.54) is 6.42 Å². The molecule has 2 aliphatic heterocycles. The van der Waals surface area contributed by atoms with E-state index in [0.29, 0.717) is 5.41 Å². The van der Waals surface area contributed by atoms with Crippen LogP contribution in [-0.2, 0) is 4.79 Å². The Labute approximate surface area is 159 Å². The van der Waals surface area contributed by atoms with Gasteiger partial charge in [0.1, 0.15) is 0 Å². The van der Waals surface area contributed by atoms with E-state index in [0.717, 1.165) is 55.7 Å². The average Bonchev–Trinajstić information content (AvgIpc) is 2.96. The van der Waals surface area contributed by atoms with E-state index < -0.39 is 0 Å². The second-order valence-corrected chi connectivity index (χ2v) is 8.20. The van der Waals surface area contributed by atoms with Crippen molar-refractivity contribution in [1.29, 1.82) is 0 Å². The number of anilines is 1. The Hall–Kier alpha value is -0.620. The molecule has 1 atom stereocenters. The van der Waals surface area contributed by atoms with Gasteiger partial charge in [-0.3, -0.25) is 4.79 Å². The van der Waals surface area contributed by atoms with Crippen LogP contribution in [0.3, 0.4) is 0 Å². The number of amides is 1. The number of likely N-dealkylation sites (tertiary alicyclic amines) is 1. The minimum absolute atomic E-state index is 0. The quantitative estimate of drug-likeness (QED) is 0.789. The third-order valence-electron chi connectivity index (χ3n) is 5.13. The zero-order valence-corrected chi connectivity index (χ0v) is 16.6. The lowest BCUT2D eigenvalue weighted by atomic mass is 9.87. The van der Waals surface area contributed by atoms with Crippen molar-refractivity contribution >= 4 is 39.9 Å². The maximum atomic E-state index is 12.4. The molecule has 134 valence electrons. The molecule has 1 amide bonds. The number of nitrogens with one attached hydrogen (secondary N) is 2. The number of hydrogen-bond acceptors (Lipinski definition) is 3. The Morgan fingerprint density at radius 2 is 2.00 bits per heavy atom. The Kier molecular flexibility index (Phi) is 7.10. The van der Waals surface area contributed by atoms with Crippen LogP contribution in [0.25, 0.3) is 0 Å². The largest absolute Gasteiger partial charge is 0.326 e. The Morgan fingerprint density at radius 3 is 2.58 bits per heavy atom. The topological polar surface area (TPSA) is 44.4 Å². The molecule has 4 nitrogen and oxygen atoms in total. The molecule has 0 bridgehead atoms. The molecule has 6 heteroatoms. The number of rotatable bonds is 4. The van der Waals surface area contributed by atoms with Crippen molar-refractivity contribution in [3.8, 4) is 0 Å². The van der Waals surface area contributed by atoms with E-state index in [1.54, 1.807) is 0 Å². The lowest BCUT2D eigenvalue weighted by Crippen LogP contribution is -2.43. The van der Waals surface area contributed by atoms with Gasteiger partial charge in [0.05, 0.1) is 0 Å². The summed E-state index contributed by atoms with van der Waals surface area (Å²) in [6, 6.07) is 7.78. The van der Waals surface area contributed by atoms with Gasteiger partial charge >= 0.3 is 0 Å². The Bertz CT molecular complexity index is 538. The van der Waals surface area contributed by atoms with Crippen LogP contribution in [0.5, 0.6) is 0 Å². The molecule has 2 aliphatic rings. The summed E-state index contributed by atoms with van der Waals surface area (Å²) < 4.78 is 1.03. The standard InChI is InChI=1S/C18H26BrN3O.ClH/c1-18(8-9-20-12-18)13-22-10-6-14(7-11-22)17(23)21-16-4-2-15(19)3-5-16;/h2-5,14,20H,6-13H2,1H3,(H,21,23);1H. The van der Waals surface area contributed by atoms with E-state index in [4.69, 9.17) is 0 Å². The molecule has 1 aromatic carbocycles. The number of benzene rings is 1. The highest BCUT2D eigenvalue weighted by molar-refractivity contribution is 9.10. The predicted octanol–water partition coefficient (Wildman–Crippen LogP) is 3.52. The maximum Gasteiger partial charge on any atom is 0.227 e. The predicted molar refractivity (Wildman–Crippen MR) is 105 cm³/mol. The Morgan fingerprint density at radius 1 is 1.33 bits per heavy atom. The van der Waals surface area contributed by atoms with Gasteiger partial charge in [0.15, 0.2) is 0 Å². The van der Waals surface area contributed by atoms with Crippen LogP contribution in [0, 0.1) is 11.3 Å². The summed E-state index contributed by atoms with van der Waals surface area (Å²) in [6.07, 6.45) is 3.19. The highest BCUT2D eigenvalue weighted by Crippen LogP contribution is 2.28. The normalized spacial score (nSPS) is 25.2. The summed E-state index contributed by atoms with van der Waals surface area (Å²) in [5, 5.41) is 6.51. The van der Waals surface area contributed by atoms with Crippen LogP contribution >= 0.6 is 28.3 Å². The summed E-state index contributed by atoms with van der Waals surface area (Å²) in [5.74, 6) is 0.310. The first-order valence-corrected chi connectivity index (χ1v) is 9.33. The van der Waals surface area contributed by atoms with E-state index in [9.17, 15) is 4.79 Å². The van der Waals surface area contributed by atoms with Crippen molar-refractivity contribution in [3.05, 3.63) is 28.7 Å². The van der Waals surface area contributed by atoms with Gasteiger partial charge in [-0.1, -0.05) is 22.9 Å². The molecule has 1 aromatic rings. The average molecular weight is 417 g/mol. The molecule has 0 spiro atoms. The molecule has 2 heterocycles. The zero-order valence-electron chi connectivity index (χ0n) is 14.2. The molecule has 24 heavy (non-hydrogen) atoms. The van der Waals surface area contributed by atoms with Crippen LogP contribution < -0.4 is 10.6 Å². The third-order valence-corrected chi connectivity index (χ3v) is 5.66. The van der Waals surface area contributed by atoms with Crippen molar-refractivity contribution < 1.29 is 4.79 Å². The number of carbonyl (C=O) groups excluding carboxylic acids is 1. The summed E-state index contributed by atoms with van der Waals surface area (Å²) >= 11 is 3.41. The van der Waals surface area contributed by atoms with Crippen molar-refractivity contribution in [1.82, 2.24) is 10.2 Å². The molecule has 0 aromatic heterocycles. The third kappa shape index (κ3) is 5.19. The van der Waals surface area contributed by atoms with Gasteiger partial charge in [-0.25, -0.2) is 0 Å². The number of halogens is 2. The minimum atomic E-state index is 0. The fourth-order valence-electron chi connectivity index (χ4n) is 3.67. The summed E-state index contributed by atoms with van der Waals surface area (Å²) in [4.78, 5) is 15.0. The van der Waals surface area contributed by atoms with E-state index in [-0.39, 0.29) is 24.2 Å². The molecule has 0 radical (unpaired) electrons.